The summed E-state index contributed by atoms with van der Waals surface area (Å²) in [6, 6.07) is 7.11. The van der Waals surface area contributed by atoms with Crippen LogP contribution >= 0.6 is 11.8 Å². The molecule has 0 aliphatic heterocycles. The lowest BCUT2D eigenvalue weighted by Crippen LogP contribution is -2.01. The molecule has 7 heteroatoms. The molecule has 0 fully saturated rings. The molecule has 0 bridgehead atoms. The van der Waals surface area contributed by atoms with Gasteiger partial charge in [-0.1, -0.05) is 18.7 Å². The van der Waals surface area contributed by atoms with E-state index in [9.17, 15) is 4.79 Å². The summed E-state index contributed by atoms with van der Waals surface area (Å²) in [5, 5.41) is 13.3. The summed E-state index contributed by atoms with van der Waals surface area (Å²) in [7, 11) is 0. The summed E-state index contributed by atoms with van der Waals surface area (Å²) in [6.07, 6.45) is 4.42. The Labute approximate surface area is 127 Å². The Bertz CT molecular complexity index is 628. The zero-order chi connectivity index (χ0) is 15.2. The van der Waals surface area contributed by atoms with Crippen molar-refractivity contribution >= 4 is 23.9 Å². The third-order valence-electron chi connectivity index (χ3n) is 2.64. The number of esters is 1. The van der Waals surface area contributed by atoms with Crippen molar-refractivity contribution in [2.45, 2.75) is 25.4 Å². The maximum atomic E-state index is 10.9. The number of hydrogen-bond donors (Lipinski definition) is 0. The van der Waals surface area contributed by atoms with Crippen LogP contribution in [0.2, 0.25) is 0 Å². The number of hydrogen-bond acceptors (Lipinski definition) is 6. The molecule has 6 nitrogen and oxygen atoms in total. The van der Waals surface area contributed by atoms with Gasteiger partial charge in [-0.3, -0.25) is 4.79 Å². The minimum atomic E-state index is -0.335. The number of benzene rings is 1. The predicted octanol–water partition coefficient (Wildman–Crippen LogP) is 2.37. The number of rotatable bonds is 5. The molecule has 1 heterocycles. The van der Waals surface area contributed by atoms with Crippen molar-refractivity contribution < 1.29 is 9.53 Å². The van der Waals surface area contributed by atoms with Crippen LogP contribution in [0.4, 0.5) is 0 Å². The van der Waals surface area contributed by atoms with Crippen molar-refractivity contribution in [3.05, 3.63) is 35.7 Å². The Balaban J connectivity index is 2.17. The fourth-order valence-electron chi connectivity index (χ4n) is 1.67. The molecular formula is C14H16N4O2S. The van der Waals surface area contributed by atoms with Crippen LogP contribution in [0.15, 0.2) is 34.5 Å². The topological polar surface area (TPSA) is 69.4 Å². The molecule has 1 aromatic heterocycles. The Morgan fingerprint density at radius 2 is 2.10 bits per heavy atom. The average molecular weight is 304 g/mol. The lowest BCUT2D eigenvalue weighted by molar-refractivity contribution is -0.131. The van der Waals surface area contributed by atoms with Crippen LogP contribution in [-0.4, -0.2) is 33.3 Å². The molecule has 1 aromatic carbocycles. The molecule has 0 atom stereocenters. The highest BCUT2D eigenvalue weighted by Crippen LogP contribution is 2.14. The summed E-state index contributed by atoms with van der Waals surface area (Å²) in [4.78, 5) is 10.9. The molecule has 2 rings (SSSR count). The van der Waals surface area contributed by atoms with Crippen LogP contribution in [0, 0.1) is 0 Å². The number of nitrogens with zero attached hydrogens (tertiary/aromatic N) is 4. The van der Waals surface area contributed by atoms with Gasteiger partial charge in [0, 0.05) is 13.3 Å². The van der Waals surface area contributed by atoms with Crippen molar-refractivity contribution in [2.24, 2.45) is 5.10 Å². The summed E-state index contributed by atoms with van der Waals surface area (Å²) in [6.45, 7) is 3.38. The number of carbonyl (C=O) groups excluding carboxylic acids is 1. The van der Waals surface area contributed by atoms with Gasteiger partial charge in [-0.05, 0) is 36.1 Å². The van der Waals surface area contributed by atoms with Gasteiger partial charge in [0.25, 0.3) is 0 Å². The van der Waals surface area contributed by atoms with Crippen LogP contribution in [-0.2, 0) is 11.2 Å². The first-order chi connectivity index (χ1) is 10.1. The van der Waals surface area contributed by atoms with Gasteiger partial charge < -0.3 is 4.74 Å². The van der Waals surface area contributed by atoms with Gasteiger partial charge >= 0.3 is 5.97 Å². The van der Waals surface area contributed by atoms with Crippen molar-refractivity contribution in [1.82, 2.24) is 14.9 Å². The summed E-state index contributed by atoms with van der Waals surface area (Å²) < 4.78 is 6.71. The molecule has 21 heavy (non-hydrogen) atoms. The molecule has 0 amide bonds. The van der Waals surface area contributed by atoms with Crippen molar-refractivity contribution in [3.63, 3.8) is 0 Å². The predicted molar refractivity (Wildman–Crippen MR) is 81.9 cm³/mol. The zero-order valence-corrected chi connectivity index (χ0v) is 12.9. The van der Waals surface area contributed by atoms with Gasteiger partial charge in [-0.2, -0.15) is 9.78 Å². The van der Waals surface area contributed by atoms with Gasteiger partial charge in [0.15, 0.2) is 5.82 Å². The van der Waals surface area contributed by atoms with Gasteiger partial charge in [0.05, 0.1) is 6.21 Å². The van der Waals surface area contributed by atoms with E-state index >= 15 is 0 Å². The fourth-order valence-corrected chi connectivity index (χ4v) is 2.12. The van der Waals surface area contributed by atoms with Crippen LogP contribution in [0.5, 0.6) is 5.75 Å². The SMILES string of the molecule is CCc1nnc(SC)n1/N=C\c1ccc(OC(C)=O)cc1. The summed E-state index contributed by atoms with van der Waals surface area (Å²) in [5.74, 6) is 0.994. The molecule has 0 saturated carbocycles. The monoisotopic (exact) mass is 304 g/mol. The second kappa shape index (κ2) is 7.03. The lowest BCUT2D eigenvalue weighted by Gasteiger charge is -2.02. The van der Waals surface area contributed by atoms with E-state index in [1.54, 1.807) is 23.0 Å². The molecule has 0 aliphatic carbocycles. The first-order valence-corrected chi connectivity index (χ1v) is 7.67. The standard InChI is InChI=1S/C14H16N4O2S/c1-4-13-16-17-14(21-3)18(13)15-9-11-5-7-12(8-6-11)20-10(2)19/h5-9H,4H2,1-3H3/b15-9-. The van der Waals surface area contributed by atoms with Gasteiger partial charge in [0.1, 0.15) is 5.75 Å². The Hall–Kier alpha value is -2.15. The van der Waals surface area contributed by atoms with E-state index < -0.39 is 0 Å². The summed E-state index contributed by atoms with van der Waals surface area (Å²) in [5.41, 5.74) is 0.897. The van der Waals surface area contributed by atoms with E-state index in [0.717, 1.165) is 23.0 Å². The molecular weight excluding hydrogens is 288 g/mol. The second-order valence-electron chi connectivity index (χ2n) is 4.18. The Morgan fingerprint density at radius 1 is 1.38 bits per heavy atom. The molecule has 2 aromatic rings. The number of thioether (sulfide) groups is 1. The number of aryl methyl sites for hydroxylation is 1. The van der Waals surface area contributed by atoms with Crippen LogP contribution < -0.4 is 4.74 Å². The zero-order valence-electron chi connectivity index (χ0n) is 12.1. The Morgan fingerprint density at radius 3 is 2.67 bits per heavy atom. The molecule has 0 aliphatic rings. The van der Waals surface area contributed by atoms with Crippen molar-refractivity contribution in [2.75, 3.05) is 6.26 Å². The second-order valence-corrected chi connectivity index (χ2v) is 4.95. The molecule has 0 spiro atoms. The smallest absolute Gasteiger partial charge is 0.308 e. The largest absolute Gasteiger partial charge is 0.427 e. The van der Waals surface area contributed by atoms with E-state index in [0.29, 0.717) is 5.75 Å². The van der Waals surface area contributed by atoms with Crippen LogP contribution in [0.3, 0.4) is 0 Å². The van der Waals surface area contributed by atoms with Crippen LogP contribution in [0.25, 0.3) is 0 Å². The minimum Gasteiger partial charge on any atom is -0.427 e. The number of carbonyl (C=O) groups is 1. The van der Waals surface area contributed by atoms with Crippen molar-refractivity contribution in [3.8, 4) is 5.75 Å². The van der Waals surface area contributed by atoms with Gasteiger partial charge in [-0.25, -0.2) is 0 Å². The molecule has 110 valence electrons. The normalized spacial score (nSPS) is 11.0. The van der Waals surface area contributed by atoms with E-state index in [-0.39, 0.29) is 5.97 Å². The molecule has 0 radical (unpaired) electrons. The van der Waals surface area contributed by atoms with Crippen LogP contribution in [0.1, 0.15) is 25.2 Å². The van der Waals surface area contributed by atoms with E-state index in [4.69, 9.17) is 4.74 Å². The van der Waals surface area contributed by atoms with E-state index in [1.165, 1.54) is 18.7 Å². The number of ether oxygens (including phenoxy) is 1. The maximum absolute atomic E-state index is 10.9. The molecule has 0 N–H and O–H groups in total. The lowest BCUT2D eigenvalue weighted by atomic mass is 10.2. The maximum Gasteiger partial charge on any atom is 0.308 e. The van der Waals surface area contributed by atoms with Crippen molar-refractivity contribution in [1.29, 1.82) is 0 Å². The van der Waals surface area contributed by atoms with Gasteiger partial charge in [0.2, 0.25) is 5.16 Å². The third kappa shape index (κ3) is 3.91. The molecule has 0 saturated heterocycles. The summed E-state index contributed by atoms with van der Waals surface area (Å²) >= 11 is 1.49. The first-order valence-electron chi connectivity index (χ1n) is 6.45. The highest BCUT2D eigenvalue weighted by atomic mass is 32.2. The quantitative estimate of drug-likeness (QED) is 0.367. The number of aromatic nitrogens is 3. The highest BCUT2D eigenvalue weighted by Gasteiger charge is 2.08. The van der Waals surface area contributed by atoms with E-state index in [2.05, 4.69) is 15.3 Å². The fraction of sp³-hybridized carbons (Fsp3) is 0.286. The average Bonchev–Trinajstić information content (AvgIpc) is 2.88. The Kier molecular flexibility index (Phi) is 5.10. The molecule has 0 unspecified atom stereocenters. The van der Waals surface area contributed by atoms with Gasteiger partial charge in [-0.15, -0.1) is 10.2 Å². The highest BCUT2D eigenvalue weighted by molar-refractivity contribution is 7.98. The third-order valence-corrected chi connectivity index (χ3v) is 3.26. The van der Waals surface area contributed by atoms with E-state index in [1.807, 2.05) is 25.3 Å². The first kappa shape index (κ1) is 15.2. The minimum absolute atomic E-state index is 0.335.